The van der Waals surface area contributed by atoms with Crippen molar-refractivity contribution in [3.8, 4) is 11.1 Å². The summed E-state index contributed by atoms with van der Waals surface area (Å²) in [5, 5.41) is 14.6. The Morgan fingerprint density at radius 1 is 1.03 bits per heavy atom. The maximum atomic E-state index is 12.5. The SMILES string of the molecule is CC(C)[C@@H](CC(=O)O)NC(=O)C1CCC(CNC(=O)OCC2c3ccccc3-c3ccccc32)O1. The fourth-order valence-corrected chi connectivity index (χ4v) is 4.81. The fraction of sp³-hybridized carbons (Fsp3) is 0.444. The normalized spacial score (nSPS) is 19.6. The van der Waals surface area contributed by atoms with Gasteiger partial charge in [0.15, 0.2) is 0 Å². The van der Waals surface area contributed by atoms with Gasteiger partial charge in [0.25, 0.3) is 0 Å². The van der Waals surface area contributed by atoms with E-state index in [2.05, 4.69) is 34.9 Å². The molecule has 0 aromatic heterocycles. The van der Waals surface area contributed by atoms with Gasteiger partial charge in [0, 0.05) is 18.5 Å². The predicted molar refractivity (Wildman–Crippen MR) is 130 cm³/mol. The zero-order valence-corrected chi connectivity index (χ0v) is 20.0. The summed E-state index contributed by atoms with van der Waals surface area (Å²) in [7, 11) is 0. The molecule has 1 fully saturated rings. The van der Waals surface area contributed by atoms with Gasteiger partial charge in [-0.15, -0.1) is 0 Å². The van der Waals surface area contributed by atoms with Crippen LogP contribution < -0.4 is 10.6 Å². The number of hydrogen-bond acceptors (Lipinski definition) is 5. The van der Waals surface area contributed by atoms with Gasteiger partial charge < -0.3 is 25.2 Å². The Bertz CT molecular complexity index is 1040. The zero-order valence-electron chi connectivity index (χ0n) is 20.0. The maximum absolute atomic E-state index is 12.5. The van der Waals surface area contributed by atoms with Gasteiger partial charge in [-0.2, -0.15) is 0 Å². The van der Waals surface area contributed by atoms with E-state index in [0.29, 0.717) is 12.8 Å². The number of ether oxygens (including phenoxy) is 2. The van der Waals surface area contributed by atoms with E-state index in [1.54, 1.807) is 0 Å². The number of benzene rings is 2. The Morgan fingerprint density at radius 3 is 2.26 bits per heavy atom. The topological polar surface area (TPSA) is 114 Å². The number of carbonyl (C=O) groups excluding carboxylic acids is 2. The quantitative estimate of drug-likeness (QED) is 0.504. The second kappa shape index (κ2) is 10.9. The van der Waals surface area contributed by atoms with E-state index < -0.39 is 24.2 Å². The number of hydrogen-bond donors (Lipinski definition) is 3. The lowest BCUT2D eigenvalue weighted by Gasteiger charge is -2.23. The molecule has 1 heterocycles. The van der Waals surface area contributed by atoms with Gasteiger partial charge >= 0.3 is 12.1 Å². The Labute approximate surface area is 205 Å². The summed E-state index contributed by atoms with van der Waals surface area (Å²) < 4.78 is 11.3. The third kappa shape index (κ3) is 5.82. The number of carbonyl (C=O) groups is 3. The molecule has 0 saturated carbocycles. The highest BCUT2D eigenvalue weighted by Crippen LogP contribution is 2.44. The van der Waals surface area contributed by atoms with Crippen LogP contribution in [0.25, 0.3) is 11.1 Å². The highest BCUT2D eigenvalue weighted by atomic mass is 16.5. The lowest BCUT2D eigenvalue weighted by Crippen LogP contribution is -2.45. The van der Waals surface area contributed by atoms with Gasteiger partial charge in [-0.1, -0.05) is 62.4 Å². The van der Waals surface area contributed by atoms with Crippen molar-refractivity contribution in [3.63, 3.8) is 0 Å². The highest BCUT2D eigenvalue weighted by Gasteiger charge is 2.33. The standard InChI is InChI=1S/C27H32N2O6/c1-16(2)23(13-25(30)31)29-26(32)24-12-11-17(35-24)14-28-27(33)34-15-22-20-9-5-3-7-18(20)19-8-4-6-10-21(19)22/h3-10,16-17,22-24H,11-15H2,1-2H3,(H,28,33)(H,29,32)(H,30,31)/t17?,23-,24?/m1/s1. The number of alkyl carbamates (subject to hydrolysis) is 1. The molecule has 2 aromatic carbocycles. The Morgan fingerprint density at radius 2 is 1.66 bits per heavy atom. The van der Waals surface area contributed by atoms with Crippen LogP contribution in [0.4, 0.5) is 4.79 Å². The second-order valence-electron chi connectivity index (χ2n) is 9.49. The molecule has 1 aliphatic carbocycles. The van der Waals surface area contributed by atoms with E-state index in [1.165, 1.54) is 11.1 Å². The summed E-state index contributed by atoms with van der Waals surface area (Å²) in [6.45, 7) is 4.20. The van der Waals surface area contributed by atoms with Crippen LogP contribution in [-0.4, -0.2) is 54.5 Å². The monoisotopic (exact) mass is 480 g/mol. The van der Waals surface area contributed by atoms with Crippen molar-refractivity contribution in [3.05, 3.63) is 59.7 Å². The van der Waals surface area contributed by atoms with Crippen LogP contribution in [0.3, 0.4) is 0 Å². The predicted octanol–water partition coefficient (Wildman–Crippen LogP) is 3.69. The number of fused-ring (bicyclic) bond motifs is 3. The highest BCUT2D eigenvalue weighted by molar-refractivity contribution is 5.82. The summed E-state index contributed by atoms with van der Waals surface area (Å²) in [6.07, 6.45) is -0.483. The molecule has 3 atom stereocenters. The Kier molecular flexibility index (Phi) is 7.70. The number of carboxylic acid groups (broad SMARTS) is 1. The fourth-order valence-electron chi connectivity index (χ4n) is 4.81. The molecule has 2 aliphatic rings. The third-order valence-corrected chi connectivity index (χ3v) is 6.74. The third-order valence-electron chi connectivity index (χ3n) is 6.74. The number of nitrogens with one attached hydrogen (secondary N) is 2. The summed E-state index contributed by atoms with van der Waals surface area (Å²) in [5.41, 5.74) is 4.64. The van der Waals surface area contributed by atoms with Gasteiger partial charge in [0.2, 0.25) is 5.91 Å². The minimum Gasteiger partial charge on any atom is -0.481 e. The van der Waals surface area contributed by atoms with Crippen LogP contribution in [0.15, 0.2) is 48.5 Å². The summed E-state index contributed by atoms with van der Waals surface area (Å²) in [4.78, 5) is 36.0. The lowest BCUT2D eigenvalue weighted by atomic mass is 9.98. The largest absolute Gasteiger partial charge is 0.481 e. The molecule has 35 heavy (non-hydrogen) atoms. The van der Waals surface area contributed by atoms with E-state index in [-0.39, 0.29) is 43.4 Å². The first-order valence-electron chi connectivity index (χ1n) is 12.1. The van der Waals surface area contributed by atoms with Crippen molar-refractivity contribution in [1.29, 1.82) is 0 Å². The van der Waals surface area contributed by atoms with Crippen molar-refractivity contribution in [1.82, 2.24) is 10.6 Å². The second-order valence-corrected chi connectivity index (χ2v) is 9.49. The first kappa shape index (κ1) is 24.7. The molecular weight excluding hydrogens is 448 g/mol. The van der Waals surface area contributed by atoms with Crippen LogP contribution in [0.5, 0.6) is 0 Å². The van der Waals surface area contributed by atoms with Gasteiger partial charge in [-0.3, -0.25) is 9.59 Å². The van der Waals surface area contributed by atoms with Gasteiger partial charge in [-0.05, 0) is 41.0 Å². The molecule has 0 spiro atoms. The molecule has 186 valence electrons. The average Bonchev–Trinajstić information content (AvgIpc) is 3.44. The zero-order chi connectivity index (χ0) is 24.9. The molecule has 2 amide bonds. The number of carboxylic acids is 1. The van der Waals surface area contributed by atoms with Gasteiger partial charge in [-0.25, -0.2) is 4.79 Å². The van der Waals surface area contributed by atoms with E-state index in [0.717, 1.165) is 11.1 Å². The van der Waals surface area contributed by atoms with Crippen molar-refractivity contribution >= 4 is 18.0 Å². The summed E-state index contributed by atoms with van der Waals surface area (Å²) >= 11 is 0. The van der Waals surface area contributed by atoms with Crippen LogP contribution >= 0.6 is 0 Å². The molecule has 8 nitrogen and oxygen atoms in total. The first-order valence-corrected chi connectivity index (χ1v) is 12.1. The van der Waals surface area contributed by atoms with E-state index in [9.17, 15) is 14.4 Å². The minimum absolute atomic E-state index is 0.0105. The molecule has 8 heteroatoms. The van der Waals surface area contributed by atoms with Crippen molar-refractivity contribution in [2.75, 3.05) is 13.2 Å². The molecule has 2 unspecified atom stereocenters. The molecule has 1 aliphatic heterocycles. The molecular formula is C27H32N2O6. The first-order chi connectivity index (χ1) is 16.8. The van der Waals surface area contributed by atoms with E-state index >= 15 is 0 Å². The van der Waals surface area contributed by atoms with Crippen molar-refractivity contribution in [2.24, 2.45) is 5.92 Å². The maximum Gasteiger partial charge on any atom is 0.407 e. The molecule has 1 saturated heterocycles. The molecule has 0 bridgehead atoms. The molecule has 2 aromatic rings. The smallest absolute Gasteiger partial charge is 0.407 e. The van der Waals surface area contributed by atoms with Crippen molar-refractivity contribution in [2.45, 2.75) is 57.3 Å². The van der Waals surface area contributed by atoms with Crippen LogP contribution in [0.1, 0.15) is 50.2 Å². The van der Waals surface area contributed by atoms with Crippen molar-refractivity contribution < 1.29 is 29.0 Å². The number of aliphatic carboxylic acids is 1. The summed E-state index contributed by atoms with van der Waals surface area (Å²) in [6, 6.07) is 15.9. The van der Waals surface area contributed by atoms with Gasteiger partial charge in [0.1, 0.15) is 12.7 Å². The molecule has 4 rings (SSSR count). The summed E-state index contributed by atoms with van der Waals surface area (Å²) in [5.74, 6) is -1.29. The van der Waals surface area contributed by atoms with Crippen LogP contribution in [-0.2, 0) is 19.1 Å². The Hall–Kier alpha value is -3.39. The van der Waals surface area contributed by atoms with E-state index in [4.69, 9.17) is 14.6 Å². The van der Waals surface area contributed by atoms with Crippen LogP contribution in [0.2, 0.25) is 0 Å². The van der Waals surface area contributed by atoms with E-state index in [1.807, 2.05) is 38.1 Å². The van der Waals surface area contributed by atoms with Gasteiger partial charge in [0.05, 0.1) is 12.5 Å². The number of amides is 2. The minimum atomic E-state index is -0.957. The average molecular weight is 481 g/mol. The molecule has 0 radical (unpaired) electrons. The Balaban J connectivity index is 1.24. The van der Waals surface area contributed by atoms with Crippen LogP contribution in [0, 0.1) is 5.92 Å². The molecule has 3 N–H and O–H groups in total. The number of rotatable bonds is 9. The lowest BCUT2D eigenvalue weighted by molar-refractivity contribution is -0.139.